The molecule has 1 rings (SSSR count). The lowest BCUT2D eigenvalue weighted by atomic mass is 9.98. The number of amides is 1. The summed E-state index contributed by atoms with van der Waals surface area (Å²) in [5.74, 6) is -0.291. The zero-order valence-corrected chi connectivity index (χ0v) is 9.01. The third-order valence-electron chi connectivity index (χ3n) is 2.21. The van der Waals surface area contributed by atoms with Crippen molar-refractivity contribution in [3.05, 3.63) is 33.6 Å². The number of nitro groups is 1. The number of carbonyl (C=O) groups excluding carboxylic acids is 1. The molecule has 0 aromatic heterocycles. The van der Waals surface area contributed by atoms with E-state index in [0.29, 0.717) is 12.4 Å². The summed E-state index contributed by atoms with van der Waals surface area (Å²) in [7, 11) is 0. The van der Waals surface area contributed by atoms with Gasteiger partial charge >= 0.3 is 0 Å². The molecule has 16 heavy (non-hydrogen) atoms. The predicted molar refractivity (Wildman–Crippen MR) is 57.0 cm³/mol. The molecule has 6 heteroatoms. The summed E-state index contributed by atoms with van der Waals surface area (Å²) in [6, 6.07) is -1.05. The van der Waals surface area contributed by atoms with Crippen molar-refractivity contribution < 1.29 is 14.5 Å². The molecule has 1 unspecified atom stereocenters. The molecule has 88 valence electrons. The quantitative estimate of drug-likeness (QED) is 0.552. The average molecular weight is 226 g/mol. The Labute approximate surface area is 92.9 Å². The lowest BCUT2D eigenvalue weighted by molar-refractivity contribution is -0.510. The molecule has 0 aromatic rings. The van der Waals surface area contributed by atoms with Crippen LogP contribution >= 0.6 is 0 Å². The predicted octanol–water partition coefficient (Wildman–Crippen LogP) is 0.758. The molecule has 6 nitrogen and oxygen atoms in total. The Morgan fingerprint density at radius 2 is 2.44 bits per heavy atom. The van der Waals surface area contributed by atoms with Crippen LogP contribution in [0, 0.1) is 10.1 Å². The molecule has 0 aliphatic heterocycles. The fraction of sp³-hybridized carbons (Fsp3) is 0.500. The van der Waals surface area contributed by atoms with E-state index in [4.69, 9.17) is 10.5 Å². The van der Waals surface area contributed by atoms with Gasteiger partial charge in [0.25, 0.3) is 5.91 Å². The van der Waals surface area contributed by atoms with Crippen molar-refractivity contribution in [3.63, 3.8) is 0 Å². The number of nitrogens with two attached hydrogens (primary N) is 1. The minimum absolute atomic E-state index is 0.00129. The van der Waals surface area contributed by atoms with Gasteiger partial charge in [-0.05, 0) is 18.6 Å². The second-order valence-corrected chi connectivity index (χ2v) is 3.46. The van der Waals surface area contributed by atoms with E-state index in [9.17, 15) is 14.9 Å². The van der Waals surface area contributed by atoms with Crippen molar-refractivity contribution in [2.75, 3.05) is 6.61 Å². The highest BCUT2D eigenvalue weighted by Crippen LogP contribution is 2.20. The van der Waals surface area contributed by atoms with E-state index in [0.717, 1.165) is 6.42 Å². The van der Waals surface area contributed by atoms with Gasteiger partial charge in [0.2, 0.25) is 6.04 Å². The molecule has 0 bridgehead atoms. The molecule has 0 saturated carbocycles. The van der Waals surface area contributed by atoms with Gasteiger partial charge in [0.05, 0.1) is 12.2 Å². The molecule has 0 fully saturated rings. The number of hydrogen-bond donors (Lipinski definition) is 1. The first kappa shape index (κ1) is 12.2. The highest BCUT2D eigenvalue weighted by Gasteiger charge is 2.31. The van der Waals surface area contributed by atoms with Gasteiger partial charge in [0.1, 0.15) is 5.76 Å². The summed E-state index contributed by atoms with van der Waals surface area (Å²) in [5, 5.41) is 10.7. The molecule has 0 heterocycles. The van der Waals surface area contributed by atoms with Crippen LogP contribution in [0.2, 0.25) is 0 Å². The van der Waals surface area contributed by atoms with Gasteiger partial charge < -0.3 is 10.5 Å². The van der Waals surface area contributed by atoms with Crippen LogP contribution in [0.4, 0.5) is 0 Å². The number of ether oxygens (including phenoxy) is 1. The van der Waals surface area contributed by atoms with Crippen LogP contribution in [0.15, 0.2) is 23.5 Å². The molecule has 1 aliphatic rings. The SMILES string of the molecule is CCCOC1=CCC([N+](=O)[O-])C(C(N)=O)=C1. The number of allylic oxidation sites excluding steroid dienone is 1. The van der Waals surface area contributed by atoms with Crippen LogP contribution in [0.5, 0.6) is 0 Å². The maximum atomic E-state index is 11.1. The van der Waals surface area contributed by atoms with Gasteiger partial charge in [-0.15, -0.1) is 0 Å². The fourth-order valence-electron chi connectivity index (χ4n) is 1.42. The highest BCUT2D eigenvalue weighted by atomic mass is 16.6. The van der Waals surface area contributed by atoms with Crippen molar-refractivity contribution in [2.45, 2.75) is 25.8 Å². The van der Waals surface area contributed by atoms with Crippen LogP contribution in [0.3, 0.4) is 0 Å². The van der Waals surface area contributed by atoms with E-state index in [2.05, 4.69) is 0 Å². The van der Waals surface area contributed by atoms with Crippen molar-refractivity contribution in [2.24, 2.45) is 5.73 Å². The van der Waals surface area contributed by atoms with Crippen molar-refractivity contribution in [1.29, 1.82) is 0 Å². The van der Waals surface area contributed by atoms with E-state index >= 15 is 0 Å². The summed E-state index contributed by atoms with van der Waals surface area (Å²) in [4.78, 5) is 21.2. The second kappa shape index (κ2) is 5.29. The van der Waals surface area contributed by atoms with Gasteiger partial charge in [0, 0.05) is 11.3 Å². The van der Waals surface area contributed by atoms with Crippen molar-refractivity contribution in [3.8, 4) is 0 Å². The Kier molecular flexibility index (Phi) is 4.04. The Hall–Kier alpha value is -1.85. The maximum absolute atomic E-state index is 11.1. The first-order valence-corrected chi connectivity index (χ1v) is 5.04. The van der Waals surface area contributed by atoms with Crippen LogP contribution in [0.1, 0.15) is 19.8 Å². The first-order chi connectivity index (χ1) is 7.56. The highest BCUT2D eigenvalue weighted by molar-refractivity contribution is 5.93. The summed E-state index contributed by atoms with van der Waals surface area (Å²) < 4.78 is 5.29. The molecule has 0 spiro atoms. The normalized spacial score (nSPS) is 19.7. The summed E-state index contributed by atoms with van der Waals surface area (Å²) >= 11 is 0. The fourth-order valence-corrected chi connectivity index (χ4v) is 1.42. The van der Waals surface area contributed by atoms with Gasteiger partial charge in [-0.1, -0.05) is 6.92 Å². The molecule has 1 atom stereocenters. The largest absolute Gasteiger partial charge is 0.494 e. The van der Waals surface area contributed by atoms with Crippen molar-refractivity contribution >= 4 is 5.91 Å². The van der Waals surface area contributed by atoms with Gasteiger partial charge in [-0.25, -0.2) is 0 Å². The minimum atomic E-state index is -1.05. The van der Waals surface area contributed by atoms with E-state index in [1.54, 1.807) is 6.08 Å². The lowest BCUT2D eigenvalue weighted by Crippen LogP contribution is -2.32. The molecule has 2 N–H and O–H groups in total. The number of carbonyl (C=O) groups is 1. The Morgan fingerprint density at radius 3 is 2.94 bits per heavy atom. The molecule has 0 radical (unpaired) electrons. The van der Waals surface area contributed by atoms with Gasteiger partial charge in [-0.2, -0.15) is 0 Å². The number of hydrogen-bond acceptors (Lipinski definition) is 4. The zero-order valence-electron chi connectivity index (χ0n) is 9.01. The van der Waals surface area contributed by atoms with E-state index in [1.807, 2.05) is 6.92 Å². The Morgan fingerprint density at radius 1 is 1.75 bits per heavy atom. The summed E-state index contributed by atoms with van der Waals surface area (Å²) in [6.07, 6.45) is 3.93. The smallest absolute Gasteiger partial charge is 0.251 e. The van der Waals surface area contributed by atoms with Crippen molar-refractivity contribution in [1.82, 2.24) is 0 Å². The zero-order chi connectivity index (χ0) is 12.1. The molecule has 0 aromatic carbocycles. The van der Waals surface area contributed by atoms with Crippen LogP contribution in [-0.2, 0) is 9.53 Å². The number of primary amides is 1. The van der Waals surface area contributed by atoms with Gasteiger partial charge in [-0.3, -0.25) is 14.9 Å². The van der Waals surface area contributed by atoms with E-state index < -0.39 is 16.9 Å². The molecule has 1 aliphatic carbocycles. The Bertz CT molecular complexity index is 360. The topological polar surface area (TPSA) is 95.5 Å². The van der Waals surface area contributed by atoms with Crippen LogP contribution < -0.4 is 5.73 Å². The molecular formula is C10H14N2O4. The van der Waals surface area contributed by atoms with Crippen LogP contribution in [0.25, 0.3) is 0 Å². The average Bonchev–Trinajstić information content (AvgIpc) is 2.25. The standard InChI is InChI=1S/C10H14N2O4/c1-2-5-16-7-3-4-9(12(14)15)8(6-7)10(11)13/h3,6,9H,2,4-5H2,1H3,(H2,11,13). The lowest BCUT2D eigenvalue weighted by Gasteiger charge is -2.16. The third kappa shape index (κ3) is 2.82. The number of nitrogens with zero attached hydrogens (tertiary/aromatic N) is 1. The Balaban J connectivity index is 2.83. The molecular weight excluding hydrogens is 212 g/mol. The minimum Gasteiger partial charge on any atom is -0.494 e. The van der Waals surface area contributed by atoms with E-state index in [1.165, 1.54) is 6.08 Å². The third-order valence-corrected chi connectivity index (χ3v) is 2.21. The monoisotopic (exact) mass is 226 g/mol. The van der Waals surface area contributed by atoms with E-state index in [-0.39, 0.29) is 12.0 Å². The molecule has 1 amide bonds. The summed E-state index contributed by atoms with van der Waals surface area (Å²) in [5.41, 5.74) is 5.09. The molecule has 0 saturated heterocycles. The van der Waals surface area contributed by atoms with Crippen LogP contribution in [-0.4, -0.2) is 23.5 Å². The second-order valence-electron chi connectivity index (χ2n) is 3.46. The van der Waals surface area contributed by atoms with Gasteiger partial charge in [0.15, 0.2) is 0 Å². The maximum Gasteiger partial charge on any atom is 0.251 e. The first-order valence-electron chi connectivity index (χ1n) is 5.04. The number of rotatable bonds is 5. The summed E-state index contributed by atoms with van der Waals surface area (Å²) in [6.45, 7) is 2.46.